The van der Waals surface area contributed by atoms with E-state index < -0.39 is 0 Å². The molecule has 5 heteroatoms. The van der Waals surface area contributed by atoms with E-state index in [9.17, 15) is 0 Å². The molecule has 1 aromatic heterocycles. The zero-order chi connectivity index (χ0) is 26.2. The number of hydrogen-bond donors (Lipinski definition) is 1. The average Bonchev–Trinajstić information content (AvgIpc) is 3.73. The van der Waals surface area contributed by atoms with Crippen LogP contribution in [0.2, 0.25) is 0 Å². The third-order valence-corrected chi connectivity index (χ3v) is 8.07. The molecular formula is C35H21N5. The standard InChI is InChI=1S/C35H21N5/c1-2-10-23-21-17-20(22(23)9-1)18-30-24-11-3-5-13-26(24)32(36-30)38-34-28-15-7-8-16-29(28)35(40-34)39-33-27-14-6-4-12-25(27)31(19-21)37-33/h1-16,18-19H,17H2,(H,36,37,38,39,40). The van der Waals surface area contributed by atoms with Gasteiger partial charge in [-0.2, -0.15) is 0 Å². The summed E-state index contributed by atoms with van der Waals surface area (Å²) in [5.41, 5.74) is 11.1. The fraction of sp³-hybridized carbons (Fsp3) is 0.0286. The number of aromatic nitrogens is 1. The first kappa shape index (κ1) is 21.5. The Bertz CT molecular complexity index is 1980. The molecule has 8 bridgehead atoms. The molecule has 0 atom stereocenters. The number of allylic oxidation sites excluding steroid dienone is 4. The lowest BCUT2D eigenvalue weighted by molar-refractivity contribution is 1.29. The van der Waals surface area contributed by atoms with Crippen LogP contribution in [0.3, 0.4) is 0 Å². The number of rotatable bonds is 0. The predicted molar refractivity (Wildman–Crippen MR) is 164 cm³/mol. The van der Waals surface area contributed by atoms with E-state index in [1.54, 1.807) is 0 Å². The monoisotopic (exact) mass is 511 g/mol. The molecule has 9 rings (SSSR count). The summed E-state index contributed by atoms with van der Waals surface area (Å²) in [6.45, 7) is 0. The van der Waals surface area contributed by atoms with Crippen molar-refractivity contribution in [2.45, 2.75) is 6.42 Å². The van der Waals surface area contributed by atoms with Crippen LogP contribution in [-0.4, -0.2) is 28.1 Å². The van der Waals surface area contributed by atoms with Crippen molar-refractivity contribution >= 4 is 56.6 Å². The smallest absolute Gasteiger partial charge is 0.162 e. The molecule has 186 valence electrons. The van der Waals surface area contributed by atoms with Crippen LogP contribution < -0.4 is 0 Å². The first-order valence-corrected chi connectivity index (χ1v) is 13.5. The van der Waals surface area contributed by atoms with Crippen molar-refractivity contribution in [1.82, 2.24) is 4.98 Å². The summed E-state index contributed by atoms with van der Waals surface area (Å²) in [6.07, 6.45) is 5.28. The Balaban J connectivity index is 1.38. The van der Waals surface area contributed by atoms with Gasteiger partial charge in [0.15, 0.2) is 11.7 Å². The van der Waals surface area contributed by atoms with Gasteiger partial charge in [0.2, 0.25) is 0 Å². The second-order valence-electron chi connectivity index (χ2n) is 10.4. The van der Waals surface area contributed by atoms with E-state index in [2.05, 4.69) is 89.9 Å². The van der Waals surface area contributed by atoms with Crippen LogP contribution in [0.1, 0.15) is 39.8 Å². The quantitative estimate of drug-likeness (QED) is 0.220. The number of hydrogen-bond acceptors (Lipinski definition) is 4. The molecule has 0 spiro atoms. The lowest BCUT2D eigenvalue weighted by Crippen LogP contribution is -1.96. The number of nitrogens with one attached hydrogen (secondary N) is 1. The number of aromatic amines is 1. The number of H-pyrrole nitrogens is 1. The Morgan fingerprint density at radius 2 is 0.825 bits per heavy atom. The first-order chi connectivity index (χ1) is 19.8. The van der Waals surface area contributed by atoms with Crippen LogP contribution in [0.25, 0.3) is 21.9 Å². The molecule has 1 N–H and O–H groups in total. The lowest BCUT2D eigenvalue weighted by Gasteiger charge is -2.02. The van der Waals surface area contributed by atoms with Gasteiger partial charge in [0.05, 0.1) is 11.4 Å². The summed E-state index contributed by atoms with van der Waals surface area (Å²) in [6, 6.07) is 33.5. The minimum Gasteiger partial charge on any atom is -0.324 e. The van der Waals surface area contributed by atoms with Crippen molar-refractivity contribution in [3.8, 4) is 0 Å². The van der Waals surface area contributed by atoms with E-state index in [4.69, 9.17) is 20.0 Å². The number of aliphatic imine (C=N–C) groups is 4. The Morgan fingerprint density at radius 3 is 1.30 bits per heavy atom. The lowest BCUT2D eigenvalue weighted by atomic mass is 10.0. The van der Waals surface area contributed by atoms with Crippen molar-refractivity contribution in [3.63, 3.8) is 0 Å². The van der Waals surface area contributed by atoms with Crippen molar-refractivity contribution < 1.29 is 0 Å². The van der Waals surface area contributed by atoms with Gasteiger partial charge >= 0.3 is 0 Å². The van der Waals surface area contributed by atoms with Crippen LogP contribution in [0, 0.1) is 0 Å². The zero-order valence-electron chi connectivity index (χ0n) is 21.4. The highest BCUT2D eigenvalue weighted by Gasteiger charge is 2.28. The number of amidine groups is 2. The van der Waals surface area contributed by atoms with Gasteiger partial charge < -0.3 is 4.98 Å². The largest absolute Gasteiger partial charge is 0.324 e. The maximum Gasteiger partial charge on any atom is 0.162 e. The van der Waals surface area contributed by atoms with Crippen LogP contribution in [0.5, 0.6) is 0 Å². The van der Waals surface area contributed by atoms with Gasteiger partial charge in [-0.25, -0.2) is 20.0 Å². The van der Waals surface area contributed by atoms with Gasteiger partial charge in [-0.05, 0) is 40.8 Å². The van der Waals surface area contributed by atoms with E-state index >= 15 is 0 Å². The maximum atomic E-state index is 5.09. The van der Waals surface area contributed by atoms with E-state index in [1.807, 2.05) is 24.3 Å². The van der Waals surface area contributed by atoms with Crippen LogP contribution >= 0.6 is 0 Å². The number of benzene rings is 4. The molecule has 0 amide bonds. The zero-order valence-corrected chi connectivity index (χ0v) is 21.4. The topological polar surface area (TPSA) is 65.2 Å². The number of fused-ring (bicyclic) bond motifs is 18. The second-order valence-corrected chi connectivity index (χ2v) is 10.4. The van der Waals surface area contributed by atoms with Crippen molar-refractivity contribution in [2.75, 3.05) is 0 Å². The Morgan fingerprint density at radius 1 is 0.425 bits per heavy atom. The molecule has 4 heterocycles. The molecule has 4 aliphatic rings. The highest BCUT2D eigenvalue weighted by molar-refractivity contribution is 6.31. The SMILES string of the molecule is C1=C2CC(=CC3=NC(=Nc4[nH]c(c5ccccc45)N=C4N=C1c1ccccc14)c1ccccc13)c1ccccc12. The summed E-state index contributed by atoms with van der Waals surface area (Å²) >= 11 is 0. The Labute approximate surface area is 230 Å². The summed E-state index contributed by atoms with van der Waals surface area (Å²) < 4.78 is 0. The van der Waals surface area contributed by atoms with Crippen molar-refractivity contribution in [3.05, 3.63) is 143 Å². The number of nitrogens with zero attached hydrogens (tertiary/aromatic N) is 4. The molecule has 40 heavy (non-hydrogen) atoms. The third-order valence-electron chi connectivity index (χ3n) is 8.07. The maximum absolute atomic E-state index is 5.09. The van der Waals surface area contributed by atoms with Gasteiger partial charge in [-0.15, -0.1) is 0 Å². The summed E-state index contributed by atoms with van der Waals surface area (Å²) in [7, 11) is 0. The molecular weight excluding hydrogens is 490 g/mol. The van der Waals surface area contributed by atoms with E-state index in [1.165, 1.54) is 22.3 Å². The summed E-state index contributed by atoms with van der Waals surface area (Å²) in [5, 5.41) is 2.01. The van der Waals surface area contributed by atoms with Gasteiger partial charge in [0.25, 0.3) is 0 Å². The normalized spacial score (nSPS) is 16.3. The summed E-state index contributed by atoms with van der Waals surface area (Å²) in [5.74, 6) is 2.89. The van der Waals surface area contributed by atoms with Crippen LogP contribution in [0.4, 0.5) is 11.6 Å². The van der Waals surface area contributed by atoms with Gasteiger partial charge in [0, 0.05) is 33.0 Å². The molecule has 1 aliphatic carbocycles. The molecule has 0 fully saturated rings. The van der Waals surface area contributed by atoms with Gasteiger partial charge in [-0.3, -0.25) is 0 Å². The van der Waals surface area contributed by atoms with Crippen molar-refractivity contribution in [2.24, 2.45) is 20.0 Å². The molecule has 0 unspecified atom stereocenters. The van der Waals surface area contributed by atoms with E-state index in [0.717, 1.165) is 62.5 Å². The molecule has 4 aromatic carbocycles. The highest BCUT2D eigenvalue weighted by Crippen LogP contribution is 2.42. The Kier molecular flexibility index (Phi) is 4.32. The molecule has 0 radical (unpaired) electrons. The minimum absolute atomic E-state index is 0.703. The van der Waals surface area contributed by atoms with E-state index in [0.29, 0.717) is 11.7 Å². The minimum atomic E-state index is 0.703. The Hall–Kier alpha value is -5.42. The molecule has 5 nitrogen and oxygen atoms in total. The van der Waals surface area contributed by atoms with Crippen molar-refractivity contribution in [1.29, 1.82) is 0 Å². The second kappa shape index (κ2) is 8.04. The average molecular weight is 512 g/mol. The molecule has 0 saturated heterocycles. The highest BCUT2D eigenvalue weighted by atomic mass is 15.1. The molecule has 0 saturated carbocycles. The molecule has 3 aliphatic heterocycles. The van der Waals surface area contributed by atoms with Gasteiger partial charge in [0.1, 0.15) is 11.6 Å². The van der Waals surface area contributed by atoms with Crippen LogP contribution in [-0.2, 0) is 0 Å². The van der Waals surface area contributed by atoms with Gasteiger partial charge in [-0.1, -0.05) is 97.1 Å². The van der Waals surface area contributed by atoms with E-state index in [-0.39, 0.29) is 0 Å². The molecule has 5 aromatic rings. The fourth-order valence-corrected chi connectivity index (χ4v) is 6.22. The predicted octanol–water partition coefficient (Wildman–Crippen LogP) is 7.81. The van der Waals surface area contributed by atoms with Crippen LogP contribution in [0.15, 0.2) is 129 Å². The fourth-order valence-electron chi connectivity index (χ4n) is 6.22. The summed E-state index contributed by atoms with van der Waals surface area (Å²) in [4.78, 5) is 23.8. The first-order valence-electron chi connectivity index (χ1n) is 13.5. The third kappa shape index (κ3) is 3.09.